The van der Waals surface area contributed by atoms with Gasteiger partial charge in [0.15, 0.2) is 5.96 Å². The van der Waals surface area contributed by atoms with Crippen molar-refractivity contribution in [2.24, 2.45) is 10.7 Å². The molecule has 0 bridgehead atoms. The van der Waals surface area contributed by atoms with Crippen molar-refractivity contribution >= 4 is 37.8 Å². The number of ether oxygens (including phenoxy) is 1. The Bertz CT molecular complexity index is 459. The Morgan fingerprint density at radius 3 is 3.05 bits per heavy atom. The van der Waals surface area contributed by atoms with E-state index in [0.717, 1.165) is 40.5 Å². The molecule has 0 saturated carbocycles. The van der Waals surface area contributed by atoms with Crippen LogP contribution in [0.4, 0.5) is 0 Å². The molecule has 1 atom stereocenters. The molecule has 3 N–H and O–H groups in total. The van der Waals surface area contributed by atoms with E-state index in [1.165, 1.54) is 0 Å². The van der Waals surface area contributed by atoms with Crippen molar-refractivity contribution in [3.8, 4) is 0 Å². The Balaban J connectivity index is 1.84. The third kappa shape index (κ3) is 4.78. The van der Waals surface area contributed by atoms with Crippen LogP contribution in [0.25, 0.3) is 0 Å². The van der Waals surface area contributed by atoms with E-state index >= 15 is 0 Å². The molecule has 0 amide bonds. The summed E-state index contributed by atoms with van der Waals surface area (Å²) in [5, 5.41) is 3.10. The number of nitrogens with two attached hydrogens (primary N) is 1. The molecule has 0 aromatic heterocycles. The zero-order valence-electron chi connectivity index (χ0n) is 10.5. The summed E-state index contributed by atoms with van der Waals surface area (Å²) in [6.45, 7) is 2.13. The van der Waals surface area contributed by atoms with E-state index < -0.39 is 0 Å². The second-order valence-corrected chi connectivity index (χ2v) is 6.22. The minimum Gasteiger partial charge on any atom is -0.376 e. The molecule has 104 valence electrons. The minimum absolute atomic E-state index is 0.270. The fourth-order valence-electron chi connectivity index (χ4n) is 1.91. The van der Waals surface area contributed by atoms with Crippen LogP contribution in [0.5, 0.6) is 0 Å². The molecule has 1 aromatic rings. The van der Waals surface area contributed by atoms with Gasteiger partial charge in [0.2, 0.25) is 0 Å². The van der Waals surface area contributed by atoms with Crippen molar-refractivity contribution < 1.29 is 4.74 Å². The molecule has 1 saturated heterocycles. The van der Waals surface area contributed by atoms with Crippen molar-refractivity contribution in [1.82, 2.24) is 5.32 Å². The summed E-state index contributed by atoms with van der Waals surface area (Å²) < 4.78 is 7.58. The summed E-state index contributed by atoms with van der Waals surface area (Å²) in [5.74, 6) is 0.461. The highest BCUT2D eigenvalue weighted by Gasteiger charge is 2.14. The lowest BCUT2D eigenvalue weighted by atomic mass is 10.2. The first kappa shape index (κ1) is 14.8. The predicted octanol–water partition coefficient (Wildman–Crippen LogP) is 2.79. The Hall–Kier alpha value is -0.590. The topological polar surface area (TPSA) is 59.6 Å². The molecule has 4 nitrogen and oxygen atoms in total. The zero-order chi connectivity index (χ0) is 13.7. The predicted molar refractivity (Wildman–Crippen MR) is 84.1 cm³/mol. The molecule has 1 unspecified atom stereocenters. The molecule has 0 aliphatic carbocycles. The van der Waals surface area contributed by atoms with Crippen molar-refractivity contribution in [2.45, 2.75) is 25.5 Å². The number of guanidine groups is 1. The lowest BCUT2D eigenvalue weighted by molar-refractivity contribution is 0.114. The van der Waals surface area contributed by atoms with Crippen LogP contribution in [0, 0.1) is 0 Å². The van der Waals surface area contributed by atoms with Crippen LogP contribution in [0.2, 0.25) is 0 Å². The van der Waals surface area contributed by atoms with Gasteiger partial charge in [-0.05, 0) is 36.6 Å². The minimum atomic E-state index is 0.270. The molecule has 1 fully saturated rings. The summed E-state index contributed by atoms with van der Waals surface area (Å²) in [6.07, 6.45) is 2.50. The standard InChI is InChI=1S/C13H17Br2N3O/c14-10-3-4-12(15)9(6-10)7-17-13(16)18-8-11-2-1-5-19-11/h3-4,6,11H,1-2,5,7-8H2,(H3,16,17,18). The second kappa shape index (κ2) is 7.26. The van der Waals surface area contributed by atoms with Gasteiger partial charge in [-0.15, -0.1) is 0 Å². The third-order valence-corrected chi connectivity index (χ3v) is 4.23. The van der Waals surface area contributed by atoms with Crippen LogP contribution < -0.4 is 11.1 Å². The van der Waals surface area contributed by atoms with E-state index in [0.29, 0.717) is 12.5 Å². The molecule has 2 rings (SSSR count). The fraction of sp³-hybridized carbons (Fsp3) is 0.462. The zero-order valence-corrected chi connectivity index (χ0v) is 13.7. The van der Waals surface area contributed by atoms with Gasteiger partial charge in [0, 0.05) is 22.1 Å². The van der Waals surface area contributed by atoms with Gasteiger partial charge in [-0.25, -0.2) is 4.99 Å². The van der Waals surface area contributed by atoms with E-state index in [1.807, 2.05) is 18.2 Å². The van der Waals surface area contributed by atoms with E-state index in [-0.39, 0.29) is 6.10 Å². The van der Waals surface area contributed by atoms with Crippen LogP contribution in [0.1, 0.15) is 18.4 Å². The number of nitrogens with zero attached hydrogens (tertiary/aromatic N) is 1. The highest BCUT2D eigenvalue weighted by molar-refractivity contribution is 9.11. The van der Waals surface area contributed by atoms with Crippen LogP contribution in [0.15, 0.2) is 32.1 Å². The SMILES string of the molecule is NC(=NCc1cc(Br)ccc1Br)NCC1CCCO1. The van der Waals surface area contributed by atoms with Gasteiger partial charge < -0.3 is 15.8 Å². The van der Waals surface area contributed by atoms with Crippen molar-refractivity contribution in [3.63, 3.8) is 0 Å². The van der Waals surface area contributed by atoms with Crippen molar-refractivity contribution in [2.75, 3.05) is 13.2 Å². The van der Waals surface area contributed by atoms with Crippen molar-refractivity contribution in [1.29, 1.82) is 0 Å². The number of hydrogen-bond donors (Lipinski definition) is 2. The van der Waals surface area contributed by atoms with Gasteiger partial charge in [-0.1, -0.05) is 31.9 Å². The molecular weight excluding hydrogens is 374 g/mol. The Labute approximate surface area is 130 Å². The number of nitrogens with one attached hydrogen (secondary N) is 1. The third-order valence-electron chi connectivity index (χ3n) is 2.96. The van der Waals surface area contributed by atoms with E-state index in [9.17, 15) is 0 Å². The van der Waals surface area contributed by atoms with E-state index in [4.69, 9.17) is 10.5 Å². The number of benzene rings is 1. The molecule has 19 heavy (non-hydrogen) atoms. The first-order valence-corrected chi connectivity index (χ1v) is 7.83. The normalized spacial score (nSPS) is 19.7. The maximum Gasteiger partial charge on any atom is 0.189 e. The summed E-state index contributed by atoms with van der Waals surface area (Å²) in [7, 11) is 0. The first-order valence-electron chi connectivity index (χ1n) is 6.24. The molecule has 0 spiro atoms. The number of hydrogen-bond acceptors (Lipinski definition) is 2. The molecule has 0 radical (unpaired) electrons. The Morgan fingerprint density at radius 2 is 2.32 bits per heavy atom. The Kier molecular flexibility index (Phi) is 5.66. The van der Waals surface area contributed by atoms with Gasteiger partial charge in [0.25, 0.3) is 0 Å². The van der Waals surface area contributed by atoms with Crippen LogP contribution >= 0.6 is 31.9 Å². The van der Waals surface area contributed by atoms with Gasteiger partial charge >= 0.3 is 0 Å². The molecule has 1 aliphatic heterocycles. The first-order chi connectivity index (χ1) is 9.15. The van der Waals surface area contributed by atoms with Crippen molar-refractivity contribution in [3.05, 3.63) is 32.7 Å². The summed E-state index contributed by atoms with van der Waals surface area (Å²) in [6, 6.07) is 6.00. The van der Waals surface area contributed by atoms with Gasteiger partial charge in [-0.2, -0.15) is 0 Å². The number of halogens is 2. The van der Waals surface area contributed by atoms with Crippen LogP contribution in [0.3, 0.4) is 0 Å². The van der Waals surface area contributed by atoms with E-state index in [2.05, 4.69) is 42.2 Å². The maximum atomic E-state index is 5.84. The average molecular weight is 391 g/mol. The monoisotopic (exact) mass is 389 g/mol. The molecule has 1 aromatic carbocycles. The van der Waals surface area contributed by atoms with Gasteiger partial charge in [0.1, 0.15) is 0 Å². The average Bonchev–Trinajstić information content (AvgIpc) is 2.90. The highest BCUT2D eigenvalue weighted by atomic mass is 79.9. The summed E-state index contributed by atoms with van der Waals surface area (Å²) >= 11 is 6.95. The van der Waals surface area contributed by atoms with E-state index in [1.54, 1.807) is 0 Å². The quantitative estimate of drug-likeness (QED) is 0.613. The summed E-state index contributed by atoms with van der Waals surface area (Å²) in [4.78, 5) is 4.33. The van der Waals surface area contributed by atoms with Gasteiger partial charge in [0.05, 0.1) is 12.6 Å². The lowest BCUT2D eigenvalue weighted by Crippen LogP contribution is -2.37. The van der Waals surface area contributed by atoms with Gasteiger partial charge in [-0.3, -0.25) is 0 Å². The van der Waals surface area contributed by atoms with Crippen LogP contribution in [-0.4, -0.2) is 25.2 Å². The lowest BCUT2D eigenvalue weighted by Gasteiger charge is -2.11. The number of aliphatic imine (C=N–C) groups is 1. The maximum absolute atomic E-state index is 5.84. The number of rotatable bonds is 4. The molecule has 1 heterocycles. The highest BCUT2D eigenvalue weighted by Crippen LogP contribution is 2.22. The Morgan fingerprint density at radius 1 is 1.47 bits per heavy atom. The van der Waals surface area contributed by atoms with Crippen LogP contribution in [-0.2, 0) is 11.3 Å². The molecular formula is C13H17Br2N3O. The second-order valence-electron chi connectivity index (χ2n) is 4.45. The smallest absolute Gasteiger partial charge is 0.189 e. The molecule has 1 aliphatic rings. The fourth-order valence-corrected chi connectivity index (χ4v) is 2.69. The molecule has 6 heteroatoms. The summed E-state index contributed by atoms with van der Waals surface area (Å²) in [5.41, 5.74) is 6.94. The largest absolute Gasteiger partial charge is 0.376 e.